The van der Waals surface area contributed by atoms with Crippen LogP contribution in [-0.4, -0.2) is 37.8 Å². The summed E-state index contributed by atoms with van der Waals surface area (Å²) in [5.74, 6) is -0.344. The SMILES string of the molecule is COc1ccc(C)cc1NC(=O)[C@H](C)OC(=O)[C@@H]1CCCO1. The van der Waals surface area contributed by atoms with E-state index in [2.05, 4.69) is 5.32 Å². The summed E-state index contributed by atoms with van der Waals surface area (Å²) in [5.41, 5.74) is 1.53. The fourth-order valence-electron chi connectivity index (χ4n) is 2.22. The standard InChI is InChI=1S/C16H21NO5/c1-10-6-7-13(20-3)12(9-10)17-15(18)11(2)22-16(19)14-5-4-8-21-14/h6-7,9,11,14H,4-5,8H2,1-3H3,(H,17,18)/t11-,14-/m0/s1. The molecule has 2 rings (SSSR count). The molecule has 22 heavy (non-hydrogen) atoms. The first-order valence-corrected chi connectivity index (χ1v) is 7.29. The van der Waals surface area contributed by atoms with Gasteiger partial charge in [-0.25, -0.2) is 4.79 Å². The molecule has 1 N–H and O–H groups in total. The van der Waals surface area contributed by atoms with Crippen molar-refractivity contribution in [3.8, 4) is 5.75 Å². The molecule has 1 aromatic rings. The van der Waals surface area contributed by atoms with Crippen molar-refractivity contribution in [2.24, 2.45) is 0 Å². The minimum Gasteiger partial charge on any atom is -0.495 e. The number of carbonyl (C=O) groups excluding carboxylic acids is 2. The zero-order chi connectivity index (χ0) is 16.1. The average molecular weight is 307 g/mol. The summed E-state index contributed by atoms with van der Waals surface area (Å²) in [6, 6.07) is 5.45. The van der Waals surface area contributed by atoms with Gasteiger partial charge in [0.15, 0.2) is 12.2 Å². The number of benzene rings is 1. The number of methoxy groups -OCH3 is 1. The molecule has 1 aromatic carbocycles. The fraction of sp³-hybridized carbons (Fsp3) is 0.500. The quantitative estimate of drug-likeness (QED) is 0.843. The third-order valence-electron chi connectivity index (χ3n) is 3.47. The Labute approximate surface area is 129 Å². The highest BCUT2D eigenvalue weighted by atomic mass is 16.6. The maximum absolute atomic E-state index is 12.2. The second-order valence-corrected chi connectivity index (χ2v) is 5.27. The molecule has 1 saturated heterocycles. The van der Waals surface area contributed by atoms with Gasteiger partial charge in [-0.05, 0) is 44.4 Å². The van der Waals surface area contributed by atoms with E-state index in [1.807, 2.05) is 13.0 Å². The number of hydrogen-bond donors (Lipinski definition) is 1. The van der Waals surface area contributed by atoms with Crippen LogP contribution in [0.4, 0.5) is 5.69 Å². The van der Waals surface area contributed by atoms with E-state index >= 15 is 0 Å². The van der Waals surface area contributed by atoms with Crippen LogP contribution in [-0.2, 0) is 19.1 Å². The maximum Gasteiger partial charge on any atom is 0.336 e. The zero-order valence-corrected chi connectivity index (χ0v) is 13.0. The molecule has 0 saturated carbocycles. The Kier molecular flexibility index (Phi) is 5.38. The van der Waals surface area contributed by atoms with E-state index in [9.17, 15) is 9.59 Å². The first-order valence-electron chi connectivity index (χ1n) is 7.29. The van der Waals surface area contributed by atoms with Crippen LogP contribution in [0.15, 0.2) is 18.2 Å². The van der Waals surface area contributed by atoms with Gasteiger partial charge >= 0.3 is 5.97 Å². The molecule has 6 heteroatoms. The van der Waals surface area contributed by atoms with Crippen LogP contribution in [0.1, 0.15) is 25.3 Å². The van der Waals surface area contributed by atoms with Crippen molar-refractivity contribution in [1.82, 2.24) is 0 Å². The molecule has 1 heterocycles. The molecule has 0 unspecified atom stereocenters. The molecular formula is C16H21NO5. The van der Waals surface area contributed by atoms with Crippen molar-refractivity contribution in [3.63, 3.8) is 0 Å². The second-order valence-electron chi connectivity index (χ2n) is 5.27. The van der Waals surface area contributed by atoms with Gasteiger partial charge in [0, 0.05) is 6.61 Å². The number of anilines is 1. The largest absolute Gasteiger partial charge is 0.495 e. The van der Waals surface area contributed by atoms with Crippen LogP contribution < -0.4 is 10.1 Å². The van der Waals surface area contributed by atoms with Crippen LogP contribution in [0.2, 0.25) is 0 Å². The number of hydrogen-bond acceptors (Lipinski definition) is 5. The Balaban J connectivity index is 1.96. The molecule has 1 amide bonds. The Bertz CT molecular complexity index is 551. The van der Waals surface area contributed by atoms with Gasteiger partial charge in [0.25, 0.3) is 5.91 Å². The lowest BCUT2D eigenvalue weighted by Gasteiger charge is -2.17. The lowest BCUT2D eigenvalue weighted by Crippen LogP contribution is -2.34. The lowest BCUT2D eigenvalue weighted by molar-refractivity contribution is -0.162. The van der Waals surface area contributed by atoms with Gasteiger partial charge in [-0.2, -0.15) is 0 Å². The van der Waals surface area contributed by atoms with E-state index in [0.29, 0.717) is 24.5 Å². The van der Waals surface area contributed by atoms with Crippen LogP contribution >= 0.6 is 0 Å². The number of aryl methyl sites for hydroxylation is 1. The van der Waals surface area contributed by atoms with Crippen LogP contribution in [0.3, 0.4) is 0 Å². The van der Waals surface area contributed by atoms with Gasteiger partial charge in [-0.3, -0.25) is 4.79 Å². The molecule has 2 atom stereocenters. The molecular weight excluding hydrogens is 286 g/mol. The van der Waals surface area contributed by atoms with Crippen molar-refractivity contribution in [3.05, 3.63) is 23.8 Å². The molecule has 0 spiro atoms. The van der Waals surface area contributed by atoms with E-state index in [0.717, 1.165) is 12.0 Å². The summed E-state index contributed by atoms with van der Waals surface area (Å²) in [6.07, 6.45) is 0.0189. The maximum atomic E-state index is 12.2. The minimum atomic E-state index is -0.901. The molecule has 120 valence electrons. The van der Waals surface area contributed by atoms with E-state index < -0.39 is 24.1 Å². The van der Waals surface area contributed by atoms with Gasteiger partial charge in [-0.15, -0.1) is 0 Å². The lowest BCUT2D eigenvalue weighted by atomic mass is 10.2. The molecule has 0 bridgehead atoms. The molecule has 1 aliphatic rings. The van der Waals surface area contributed by atoms with E-state index in [1.54, 1.807) is 12.1 Å². The summed E-state index contributed by atoms with van der Waals surface area (Å²) in [5, 5.41) is 2.72. The Hall–Kier alpha value is -2.08. The fourth-order valence-corrected chi connectivity index (χ4v) is 2.22. The minimum absolute atomic E-state index is 0.407. The van der Waals surface area contributed by atoms with Crippen LogP contribution in [0, 0.1) is 6.92 Å². The van der Waals surface area contributed by atoms with Gasteiger partial charge < -0.3 is 19.5 Å². The van der Waals surface area contributed by atoms with Crippen molar-refractivity contribution in [1.29, 1.82) is 0 Å². The molecule has 0 aliphatic carbocycles. The predicted molar refractivity (Wildman–Crippen MR) is 80.9 cm³/mol. The predicted octanol–water partition coefficient (Wildman–Crippen LogP) is 2.05. The van der Waals surface area contributed by atoms with Crippen LogP contribution in [0.25, 0.3) is 0 Å². The van der Waals surface area contributed by atoms with Crippen LogP contribution in [0.5, 0.6) is 5.75 Å². The molecule has 1 aliphatic heterocycles. The Morgan fingerprint density at radius 3 is 2.82 bits per heavy atom. The van der Waals surface area contributed by atoms with E-state index in [-0.39, 0.29) is 0 Å². The zero-order valence-electron chi connectivity index (χ0n) is 13.0. The Morgan fingerprint density at radius 1 is 1.41 bits per heavy atom. The van der Waals surface area contributed by atoms with Crippen molar-refractivity contribution in [2.75, 3.05) is 19.0 Å². The topological polar surface area (TPSA) is 73.9 Å². The van der Waals surface area contributed by atoms with Crippen molar-refractivity contribution >= 4 is 17.6 Å². The van der Waals surface area contributed by atoms with Gasteiger partial charge in [0.1, 0.15) is 5.75 Å². The highest BCUT2D eigenvalue weighted by Gasteiger charge is 2.28. The first kappa shape index (κ1) is 16.3. The number of nitrogens with one attached hydrogen (secondary N) is 1. The van der Waals surface area contributed by atoms with Gasteiger partial charge in [0.05, 0.1) is 12.8 Å². The molecule has 0 aromatic heterocycles. The van der Waals surface area contributed by atoms with Crippen molar-refractivity contribution in [2.45, 2.75) is 38.9 Å². The smallest absolute Gasteiger partial charge is 0.336 e. The summed E-state index contributed by atoms with van der Waals surface area (Å²) >= 11 is 0. The summed E-state index contributed by atoms with van der Waals surface area (Å²) in [4.78, 5) is 24.0. The average Bonchev–Trinajstić information content (AvgIpc) is 3.01. The summed E-state index contributed by atoms with van der Waals surface area (Å²) < 4.78 is 15.6. The number of amides is 1. The molecule has 0 radical (unpaired) electrons. The number of rotatable bonds is 5. The Morgan fingerprint density at radius 2 is 2.18 bits per heavy atom. The normalized spacial score (nSPS) is 18.6. The highest BCUT2D eigenvalue weighted by molar-refractivity contribution is 5.96. The number of carbonyl (C=O) groups is 2. The molecule has 1 fully saturated rings. The van der Waals surface area contributed by atoms with Gasteiger partial charge in [0.2, 0.25) is 0 Å². The number of ether oxygens (including phenoxy) is 3. The molecule has 6 nitrogen and oxygen atoms in total. The van der Waals surface area contributed by atoms with E-state index in [4.69, 9.17) is 14.2 Å². The van der Waals surface area contributed by atoms with E-state index in [1.165, 1.54) is 14.0 Å². The van der Waals surface area contributed by atoms with Crippen molar-refractivity contribution < 1.29 is 23.8 Å². The second kappa shape index (κ2) is 7.26. The summed E-state index contributed by atoms with van der Waals surface area (Å²) in [6.45, 7) is 4.00. The summed E-state index contributed by atoms with van der Waals surface area (Å²) in [7, 11) is 1.53. The highest BCUT2D eigenvalue weighted by Crippen LogP contribution is 2.25. The third-order valence-corrected chi connectivity index (χ3v) is 3.47. The third kappa shape index (κ3) is 3.98. The number of esters is 1. The monoisotopic (exact) mass is 307 g/mol. The van der Waals surface area contributed by atoms with Gasteiger partial charge in [-0.1, -0.05) is 6.07 Å². The first-order chi connectivity index (χ1) is 10.5.